The SMILES string of the molecule is C=C(CNCc1cscc1C)c1ccccc1. The van der Waals surface area contributed by atoms with Crippen LogP contribution in [0.2, 0.25) is 0 Å². The van der Waals surface area contributed by atoms with E-state index in [-0.39, 0.29) is 0 Å². The molecule has 0 bridgehead atoms. The van der Waals surface area contributed by atoms with Gasteiger partial charge in [0, 0.05) is 13.1 Å². The van der Waals surface area contributed by atoms with Crippen molar-refractivity contribution in [1.29, 1.82) is 0 Å². The minimum atomic E-state index is 0.833. The molecule has 0 aliphatic carbocycles. The van der Waals surface area contributed by atoms with Crippen molar-refractivity contribution in [3.8, 4) is 0 Å². The summed E-state index contributed by atoms with van der Waals surface area (Å²) in [5.41, 5.74) is 5.10. The predicted molar refractivity (Wildman–Crippen MR) is 76.2 cm³/mol. The van der Waals surface area contributed by atoms with Gasteiger partial charge in [-0.25, -0.2) is 0 Å². The van der Waals surface area contributed by atoms with Gasteiger partial charge in [0.05, 0.1) is 0 Å². The first-order valence-corrected chi connectivity index (χ1v) is 6.67. The highest BCUT2D eigenvalue weighted by Gasteiger charge is 2.00. The molecule has 0 saturated heterocycles. The first kappa shape index (κ1) is 12.1. The minimum Gasteiger partial charge on any atom is -0.309 e. The highest BCUT2D eigenvalue weighted by molar-refractivity contribution is 7.08. The average molecular weight is 243 g/mol. The largest absolute Gasteiger partial charge is 0.309 e. The van der Waals surface area contributed by atoms with Gasteiger partial charge in [0.2, 0.25) is 0 Å². The van der Waals surface area contributed by atoms with Gasteiger partial charge in [-0.2, -0.15) is 11.3 Å². The van der Waals surface area contributed by atoms with E-state index in [0.29, 0.717) is 0 Å². The Morgan fingerprint density at radius 2 is 2.00 bits per heavy atom. The number of hydrogen-bond donors (Lipinski definition) is 1. The van der Waals surface area contributed by atoms with Crippen LogP contribution in [0.1, 0.15) is 16.7 Å². The van der Waals surface area contributed by atoms with Crippen LogP contribution in [0.25, 0.3) is 5.57 Å². The predicted octanol–water partition coefficient (Wildman–Crippen LogP) is 3.86. The molecule has 0 aliphatic rings. The Morgan fingerprint density at radius 3 is 2.65 bits per heavy atom. The number of hydrogen-bond acceptors (Lipinski definition) is 2. The van der Waals surface area contributed by atoms with Gasteiger partial charge in [-0.3, -0.25) is 0 Å². The van der Waals surface area contributed by atoms with Crippen molar-refractivity contribution in [3.63, 3.8) is 0 Å². The van der Waals surface area contributed by atoms with Gasteiger partial charge in [0.25, 0.3) is 0 Å². The number of benzene rings is 1. The second-order valence-electron chi connectivity index (χ2n) is 4.15. The molecular formula is C15H17NS. The van der Waals surface area contributed by atoms with Crippen molar-refractivity contribution in [2.45, 2.75) is 13.5 Å². The number of aryl methyl sites for hydroxylation is 1. The summed E-state index contributed by atoms with van der Waals surface area (Å²) in [5.74, 6) is 0. The zero-order valence-corrected chi connectivity index (χ0v) is 10.9. The maximum absolute atomic E-state index is 4.11. The van der Waals surface area contributed by atoms with Crippen molar-refractivity contribution in [2.75, 3.05) is 6.54 Å². The van der Waals surface area contributed by atoms with Crippen LogP contribution in [-0.2, 0) is 6.54 Å². The van der Waals surface area contributed by atoms with E-state index in [1.165, 1.54) is 16.7 Å². The van der Waals surface area contributed by atoms with Gasteiger partial charge >= 0.3 is 0 Å². The summed E-state index contributed by atoms with van der Waals surface area (Å²) in [4.78, 5) is 0. The molecule has 1 N–H and O–H groups in total. The van der Waals surface area contributed by atoms with E-state index in [1.807, 2.05) is 18.2 Å². The lowest BCUT2D eigenvalue weighted by atomic mass is 10.1. The zero-order valence-electron chi connectivity index (χ0n) is 10.1. The highest BCUT2D eigenvalue weighted by Crippen LogP contribution is 2.14. The molecule has 0 saturated carbocycles. The van der Waals surface area contributed by atoms with Crippen LogP contribution in [0.5, 0.6) is 0 Å². The fourth-order valence-electron chi connectivity index (χ4n) is 1.69. The van der Waals surface area contributed by atoms with Gasteiger partial charge in [-0.1, -0.05) is 36.9 Å². The second-order valence-corrected chi connectivity index (χ2v) is 4.90. The molecule has 0 fully saturated rings. The molecule has 0 spiro atoms. The maximum Gasteiger partial charge on any atom is 0.0219 e. The summed E-state index contributed by atoms with van der Waals surface area (Å²) in [6.45, 7) is 8.01. The molecule has 1 heterocycles. The van der Waals surface area contributed by atoms with Gasteiger partial charge < -0.3 is 5.32 Å². The lowest BCUT2D eigenvalue weighted by Gasteiger charge is -2.07. The molecule has 0 aliphatic heterocycles. The van der Waals surface area contributed by atoms with Crippen molar-refractivity contribution >= 4 is 16.9 Å². The van der Waals surface area contributed by atoms with E-state index >= 15 is 0 Å². The molecule has 1 aromatic heterocycles. The monoisotopic (exact) mass is 243 g/mol. The molecule has 88 valence electrons. The van der Waals surface area contributed by atoms with Crippen molar-refractivity contribution in [2.24, 2.45) is 0 Å². The lowest BCUT2D eigenvalue weighted by Crippen LogP contribution is -2.15. The summed E-state index contributed by atoms with van der Waals surface area (Å²) in [6, 6.07) is 10.3. The van der Waals surface area contributed by atoms with E-state index in [4.69, 9.17) is 0 Å². The van der Waals surface area contributed by atoms with E-state index < -0.39 is 0 Å². The van der Waals surface area contributed by atoms with Crippen LogP contribution in [0.4, 0.5) is 0 Å². The Bertz CT molecular complexity index is 485. The van der Waals surface area contributed by atoms with Crippen molar-refractivity contribution in [1.82, 2.24) is 5.32 Å². The molecule has 2 aromatic rings. The normalized spacial score (nSPS) is 10.4. The topological polar surface area (TPSA) is 12.0 Å². The molecule has 2 rings (SSSR count). The van der Waals surface area contributed by atoms with E-state index in [0.717, 1.165) is 18.7 Å². The second kappa shape index (κ2) is 5.80. The average Bonchev–Trinajstić information content (AvgIpc) is 2.76. The standard InChI is InChI=1S/C15H17NS/c1-12(14-6-4-3-5-7-14)8-16-9-15-11-17-10-13(15)2/h3-7,10-11,16H,1,8-9H2,2H3. The number of rotatable bonds is 5. The Hall–Kier alpha value is -1.38. The molecule has 0 radical (unpaired) electrons. The smallest absolute Gasteiger partial charge is 0.0219 e. The van der Waals surface area contributed by atoms with Crippen molar-refractivity contribution < 1.29 is 0 Å². The first-order valence-electron chi connectivity index (χ1n) is 5.73. The molecule has 2 heteroatoms. The summed E-state index contributed by atoms with van der Waals surface area (Å²) < 4.78 is 0. The third-order valence-corrected chi connectivity index (χ3v) is 3.71. The zero-order chi connectivity index (χ0) is 12.1. The Balaban J connectivity index is 1.84. The molecular weight excluding hydrogens is 226 g/mol. The fraction of sp³-hybridized carbons (Fsp3) is 0.200. The lowest BCUT2D eigenvalue weighted by molar-refractivity contribution is 0.766. The van der Waals surface area contributed by atoms with Gasteiger partial charge in [0.15, 0.2) is 0 Å². The minimum absolute atomic E-state index is 0.833. The molecule has 1 aromatic carbocycles. The van der Waals surface area contributed by atoms with Crippen molar-refractivity contribution in [3.05, 3.63) is 64.4 Å². The molecule has 0 atom stereocenters. The summed E-state index contributed by atoms with van der Waals surface area (Å²) >= 11 is 1.76. The fourth-order valence-corrected chi connectivity index (χ4v) is 2.55. The maximum atomic E-state index is 4.11. The van der Waals surface area contributed by atoms with E-state index in [9.17, 15) is 0 Å². The molecule has 0 amide bonds. The van der Waals surface area contributed by atoms with Crippen LogP contribution in [0, 0.1) is 6.92 Å². The highest BCUT2D eigenvalue weighted by atomic mass is 32.1. The quantitative estimate of drug-likeness (QED) is 0.841. The van der Waals surface area contributed by atoms with Crippen LogP contribution in [0.3, 0.4) is 0 Å². The summed E-state index contributed by atoms with van der Waals surface area (Å²) in [5, 5.41) is 7.82. The van der Waals surface area contributed by atoms with Gasteiger partial charge in [-0.15, -0.1) is 0 Å². The third kappa shape index (κ3) is 3.29. The van der Waals surface area contributed by atoms with Crippen LogP contribution < -0.4 is 5.32 Å². The number of nitrogens with one attached hydrogen (secondary N) is 1. The summed E-state index contributed by atoms with van der Waals surface area (Å²) in [6.07, 6.45) is 0. The first-order chi connectivity index (χ1) is 8.27. The van der Waals surface area contributed by atoms with Crippen LogP contribution in [-0.4, -0.2) is 6.54 Å². The third-order valence-electron chi connectivity index (χ3n) is 2.80. The van der Waals surface area contributed by atoms with E-state index in [1.54, 1.807) is 11.3 Å². The van der Waals surface area contributed by atoms with Crippen LogP contribution in [0.15, 0.2) is 47.7 Å². The van der Waals surface area contributed by atoms with E-state index in [2.05, 4.69) is 41.7 Å². The van der Waals surface area contributed by atoms with Gasteiger partial charge in [0.1, 0.15) is 0 Å². The summed E-state index contributed by atoms with van der Waals surface area (Å²) in [7, 11) is 0. The van der Waals surface area contributed by atoms with Crippen LogP contribution >= 0.6 is 11.3 Å². The Morgan fingerprint density at radius 1 is 1.24 bits per heavy atom. The Kier molecular flexibility index (Phi) is 4.13. The van der Waals surface area contributed by atoms with Gasteiger partial charge in [-0.05, 0) is 39.9 Å². The Labute approximate surface area is 107 Å². The molecule has 17 heavy (non-hydrogen) atoms. The number of thiophene rings is 1. The molecule has 1 nitrogen and oxygen atoms in total. The molecule has 0 unspecified atom stereocenters.